The molecule has 25 heavy (non-hydrogen) atoms. The van der Waals surface area contributed by atoms with Gasteiger partial charge in [0.1, 0.15) is 5.54 Å². The van der Waals surface area contributed by atoms with Gasteiger partial charge < -0.3 is 10.6 Å². The second-order valence-electron chi connectivity index (χ2n) is 5.94. The van der Waals surface area contributed by atoms with Gasteiger partial charge in [0.2, 0.25) is 5.91 Å². The van der Waals surface area contributed by atoms with Crippen LogP contribution >= 0.6 is 35.6 Å². The van der Waals surface area contributed by atoms with Crippen LogP contribution in [-0.4, -0.2) is 35.3 Å². The average molecular weight is 404 g/mol. The molecule has 0 radical (unpaired) electrons. The Kier molecular flexibility index (Phi) is 7.14. The number of carbonyl (C=O) groups is 1. The van der Waals surface area contributed by atoms with Crippen LogP contribution in [0.15, 0.2) is 36.7 Å². The van der Waals surface area contributed by atoms with Crippen LogP contribution in [0.1, 0.15) is 18.4 Å². The van der Waals surface area contributed by atoms with E-state index in [0.717, 1.165) is 18.7 Å². The summed E-state index contributed by atoms with van der Waals surface area (Å²) in [5.74, 6) is -0.00382. The lowest BCUT2D eigenvalue weighted by atomic mass is 9.87. The monoisotopic (exact) mass is 402 g/mol. The van der Waals surface area contributed by atoms with Crippen molar-refractivity contribution in [1.82, 2.24) is 20.4 Å². The number of amides is 1. The molecule has 0 unspecified atom stereocenters. The van der Waals surface area contributed by atoms with E-state index in [2.05, 4.69) is 15.7 Å². The molecular formula is C17H21Cl3N4O. The van der Waals surface area contributed by atoms with Gasteiger partial charge in [-0.2, -0.15) is 5.10 Å². The zero-order chi connectivity index (χ0) is 17.0. The van der Waals surface area contributed by atoms with Crippen LogP contribution in [0.3, 0.4) is 0 Å². The molecule has 1 saturated heterocycles. The van der Waals surface area contributed by atoms with Gasteiger partial charge in [-0.05, 0) is 56.1 Å². The summed E-state index contributed by atoms with van der Waals surface area (Å²) in [4.78, 5) is 12.9. The lowest BCUT2D eigenvalue weighted by molar-refractivity contribution is -0.131. The third-order valence-electron chi connectivity index (χ3n) is 4.52. The third kappa shape index (κ3) is 4.29. The fourth-order valence-electron chi connectivity index (χ4n) is 3.16. The quantitative estimate of drug-likeness (QED) is 0.807. The van der Waals surface area contributed by atoms with Crippen LogP contribution in [0.5, 0.6) is 0 Å². The van der Waals surface area contributed by atoms with Crippen LogP contribution in [0, 0.1) is 0 Å². The zero-order valence-electron chi connectivity index (χ0n) is 13.7. The number of nitrogens with zero attached hydrogens (tertiary/aromatic N) is 2. The van der Waals surface area contributed by atoms with Crippen molar-refractivity contribution in [3.05, 3.63) is 52.3 Å². The molecule has 3 rings (SSSR count). The molecule has 5 nitrogen and oxygen atoms in total. The highest BCUT2D eigenvalue weighted by molar-refractivity contribution is 6.36. The van der Waals surface area contributed by atoms with Gasteiger partial charge in [0, 0.05) is 29.0 Å². The van der Waals surface area contributed by atoms with Gasteiger partial charge in [0.05, 0.1) is 0 Å². The summed E-state index contributed by atoms with van der Waals surface area (Å²) in [6.45, 7) is 2.08. The number of hydrogen-bond acceptors (Lipinski definition) is 3. The first-order chi connectivity index (χ1) is 11.6. The van der Waals surface area contributed by atoms with Gasteiger partial charge in [-0.1, -0.05) is 29.3 Å². The SMILES string of the molecule is Cl.O=C(NCCc1c(Cl)cccc1Cl)C1(n2cccn2)CCNCC1. The van der Waals surface area contributed by atoms with E-state index in [9.17, 15) is 4.79 Å². The largest absolute Gasteiger partial charge is 0.354 e. The number of halogens is 3. The Bertz CT molecular complexity index is 680. The molecule has 1 aromatic carbocycles. The first-order valence-corrected chi connectivity index (χ1v) is 8.81. The maximum Gasteiger partial charge on any atom is 0.248 e. The lowest BCUT2D eigenvalue weighted by Crippen LogP contribution is -2.54. The van der Waals surface area contributed by atoms with Crippen LogP contribution in [0.25, 0.3) is 0 Å². The second-order valence-corrected chi connectivity index (χ2v) is 6.75. The van der Waals surface area contributed by atoms with Crippen molar-refractivity contribution >= 4 is 41.5 Å². The smallest absolute Gasteiger partial charge is 0.248 e. The van der Waals surface area contributed by atoms with E-state index < -0.39 is 5.54 Å². The van der Waals surface area contributed by atoms with E-state index in [1.54, 1.807) is 10.9 Å². The van der Waals surface area contributed by atoms with Crippen molar-refractivity contribution in [2.24, 2.45) is 0 Å². The van der Waals surface area contributed by atoms with Gasteiger partial charge in [0.15, 0.2) is 0 Å². The van der Waals surface area contributed by atoms with Crippen molar-refractivity contribution < 1.29 is 4.79 Å². The Balaban J connectivity index is 0.00000225. The Morgan fingerprint density at radius 2 is 1.92 bits per heavy atom. The van der Waals surface area contributed by atoms with Crippen molar-refractivity contribution in [2.45, 2.75) is 24.8 Å². The third-order valence-corrected chi connectivity index (χ3v) is 5.23. The van der Waals surface area contributed by atoms with Gasteiger partial charge in [-0.3, -0.25) is 9.48 Å². The summed E-state index contributed by atoms with van der Waals surface area (Å²) in [6, 6.07) is 7.28. The number of aromatic nitrogens is 2. The normalized spacial score (nSPS) is 16.1. The number of carbonyl (C=O) groups excluding carboxylic acids is 1. The summed E-state index contributed by atoms with van der Waals surface area (Å²) in [5.41, 5.74) is 0.235. The van der Waals surface area contributed by atoms with E-state index in [-0.39, 0.29) is 18.3 Å². The molecule has 0 bridgehead atoms. The molecule has 2 heterocycles. The maximum atomic E-state index is 12.9. The van der Waals surface area contributed by atoms with Crippen LogP contribution < -0.4 is 10.6 Å². The van der Waals surface area contributed by atoms with Gasteiger partial charge in [-0.15, -0.1) is 12.4 Å². The lowest BCUT2D eigenvalue weighted by Gasteiger charge is -2.36. The molecule has 1 amide bonds. The molecule has 136 valence electrons. The second kappa shape index (κ2) is 8.90. The molecule has 8 heteroatoms. The summed E-state index contributed by atoms with van der Waals surface area (Å²) in [7, 11) is 0. The van der Waals surface area contributed by atoms with E-state index >= 15 is 0 Å². The minimum Gasteiger partial charge on any atom is -0.354 e. The molecule has 0 atom stereocenters. The molecule has 0 spiro atoms. The van der Waals surface area contributed by atoms with E-state index in [1.165, 1.54) is 0 Å². The summed E-state index contributed by atoms with van der Waals surface area (Å²) >= 11 is 12.4. The van der Waals surface area contributed by atoms with E-state index in [1.807, 2.05) is 30.5 Å². The number of benzene rings is 1. The fraction of sp³-hybridized carbons (Fsp3) is 0.412. The standard InChI is InChI=1S/C17H20Cl2N4O.ClH/c18-14-3-1-4-15(19)13(14)5-9-21-16(24)17(6-10-20-11-7-17)23-12-2-8-22-23;/h1-4,8,12,20H,5-7,9-11H2,(H,21,24);1H. The summed E-state index contributed by atoms with van der Waals surface area (Å²) in [6.07, 6.45) is 5.59. The summed E-state index contributed by atoms with van der Waals surface area (Å²) < 4.78 is 1.78. The predicted octanol–water partition coefficient (Wildman–Crippen LogP) is 3.05. The highest BCUT2D eigenvalue weighted by atomic mass is 35.5. The number of hydrogen-bond donors (Lipinski definition) is 2. The van der Waals surface area contributed by atoms with Gasteiger partial charge in [-0.25, -0.2) is 0 Å². The van der Waals surface area contributed by atoms with Crippen LogP contribution in [-0.2, 0) is 16.8 Å². The minimum absolute atomic E-state index is 0. The highest BCUT2D eigenvalue weighted by Crippen LogP contribution is 2.28. The van der Waals surface area contributed by atoms with Crippen molar-refractivity contribution in [3.63, 3.8) is 0 Å². The molecule has 0 aliphatic carbocycles. The van der Waals surface area contributed by atoms with Crippen molar-refractivity contribution in [3.8, 4) is 0 Å². The minimum atomic E-state index is -0.626. The highest BCUT2D eigenvalue weighted by Gasteiger charge is 2.41. The van der Waals surface area contributed by atoms with Crippen molar-refractivity contribution in [1.29, 1.82) is 0 Å². The number of rotatable bonds is 5. The van der Waals surface area contributed by atoms with Crippen LogP contribution in [0.2, 0.25) is 10.0 Å². The molecule has 1 aromatic heterocycles. The Morgan fingerprint density at radius 1 is 1.24 bits per heavy atom. The molecular weight excluding hydrogens is 383 g/mol. The summed E-state index contributed by atoms with van der Waals surface area (Å²) in [5, 5.41) is 11.9. The average Bonchev–Trinajstić information content (AvgIpc) is 3.13. The molecule has 1 fully saturated rings. The molecule has 0 saturated carbocycles. The molecule has 1 aliphatic heterocycles. The van der Waals surface area contributed by atoms with E-state index in [0.29, 0.717) is 35.9 Å². The predicted molar refractivity (Wildman–Crippen MR) is 103 cm³/mol. The number of nitrogens with one attached hydrogen (secondary N) is 2. The van der Waals surface area contributed by atoms with Gasteiger partial charge in [0.25, 0.3) is 0 Å². The Labute approximate surface area is 163 Å². The first kappa shape index (κ1) is 20.0. The Hall–Kier alpha value is -1.27. The molecule has 2 N–H and O–H groups in total. The van der Waals surface area contributed by atoms with E-state index in [4.69, 9.17) is 23.2 Å². The fourth-order valence-corrected chi connectivity index (χ4v) is 3.75. The number of piperidine rings is 1. The Morgan fingerprint density at radius 3 is 2.52 bits per heavy atom. The molecule has 2 aromatic rings. The van der Waals surface area contributed by atoms with Crippen molar-refractivity contribution in [2.75, 3.05) is 19.6 Å². The maximum absolute atomic E-state index is 12.9. The molecule has 1 aliphatic rings. The van der Waals surface area contributed by atoms with Crippen LogP contribution in [0.4, 0.5) is 0 Å². The first-order valence-electron chi connectivity index (χ1n) is 8.05. The topological polar surface area (TPSA) is 59.0 Å². The van der Waals surface area contributed by atoms with Gasteiger partial charge >= 0.3 is 0 Å². The zero-order valence-corrected chi connectivity index (χ0v) is 16.0.